The van der Waals surface area contributed by atoms with Gasteiger partial charge in [0.15, 0.2) is 0 Å². The molecule has 5 rings (SSSR count). The highest BCUT2D eigenvalue weighted by atomic mass is 79.9. The highest BCUT2D eigenvalue weighted by Crippen LogP contribution is 2.31. The molecular formula is C28H18Br2N2O4. The number of carbonyl (C=O) groups is 4. The van der Waals surface area contributed by atoms with Gasteiger partial charge < -0.3 is 0 Å². The Morgan fingerprint density at radius 1 is 0.583 bits per heavy atom. The predicted molar refractivity (Wildman–Crippen MR) is 145 cm³/mol. The summed E-state index contributed by atoms with van der Waals surface area (Å²) in [6.45, 7) is 0. The van der Waals surface area contributed by atoms with E-state index in [0.717, 1.165) is 20.1 Å². The number of benzene rings is 3. The Kier molecular flexibility index (Phi) is 6.55. The van der Waals surface area contributed by atoms with Gasteiger partial charge in [-0.15, -0.1) is 0 Å². The van der Waals surface area contributed by atoms with Crippen molar-refractivity contribution in [1.82, 2.24) is 0 Å². The summed E-state index contributed by atoms with van der Waals surface area (Å²) in [5.74, 6) is -1.23. The fraction of sp³-hybridized carbons (Fsp3) is 0.0714. The van der Waals surface area contributed by atoms with E-state index in [0.29, 0.717) is 22.5 Å². The molecule has 2 fully saturated rings. The van der Waals surface area contributed by atoms with Crippen LogP contribution >= 0.6 is 31.9 Å². The molecule has 3 aromatic carbocycles. The van der Waals surface area contributed by atoms with E-state index in [1.165, 1.54) is 9.80 Å². The summed E-state index contributed by atoms with van der Waals surface area (Å²) in [6, 6.07) is 21.4. The smallest absolute Gasteiger partial charge is 0.261 e. The van der Waals surface area contributed by atoms with Crippen molar-refractivity contribution in [2.24, 2.45) is 0 Å². The average molecular weight is 606 g/mol. The minimum absolute atomic E-state index is 0.0270. The number of imide groups is 2. The first-order valence-electron chi connectivity index (χ1n) is 11.1. The van der Waals surface area contributed by atoms with Crippen LogP contribution < -0.4 is 9.80 Å². The summed E-state index contributed by atoms with van der Waals surface area (Å²) < 4.78 is 1.56. The van der Waals surface area contributed by atoms with Crippen LogP contribution in [0.5, 0.6) is 0 Å². The van der Waals surface area contributed by atoms with Gasteiger partial charge >= 0.3 is 0 Å². The van der Waals surface area contributed by atoms with Crippen LogP contribution in [0.4, 0.5) is 11.4 Å². The summed E-state index contributed by atoms with van der Waals surface area (Å²) in [4.78, 5) is 53.2. The van der Waals surface area contributed by atoms with E-state index in [1.807, 2.05) is 36.4 Å². The van der Waals surface area contributed by atoms with Crippen LogP contribution in [-0.4, -0.2) is 23.6 Å². The standard InChI is InChI=1S/C28H18Br2N2O4/c29-21-3-1-5-23(15-21)31-25(33)13-19(27(31)35)11-17-7-9-18(10-8-17)12-20-14-26(34)32(28(20)36)24-6-2-4-22(30)16-24/h1-12,15-16H,13-14H2/b19-11-,20-12-. The van der Waals surface area contributed by atoms with Gasteiger partial charge in [0.1, 0.15) is 0 Å². The fourth-order valence-corrected chi connectivity index (χ4v) is 4.99. The highest BCUT2D eigenvalue weighted by molar-refractivity contribution is 9.10. The van der Waals surface area contributed by atoms with Gasteiger partial charge in [-0.1, -0.05) is 68.3 Å². The number of hydrogen-bond donors (Lipinski definition) is 0. The lowest BCUT2D eigenvalue weighted by molar-refractivity contribution is -0.122. The third-order valence-corrected chi connectivity index (χ3v) is 6.88. The van der Waals surface area contributed by atoms with Crippen molar-refractivity contribution in [1.29, 1.82) is 0 Å². The molecule has 2 saturated heterocycles. The maximum atomic E-state index is 12.9. The first-order valence-corrected chi connectivity index (χ1v) is 12.7. The maximum absolute atomic E-state index is 12.9. The normalized spacial score (nSPS) is 18.3. The average Bonchev–Trinajstić information content (AvgIpc) is 3.28. The molecule has 4 amide bonds. The molecule has 0 spiro atoms. The molecule has 2 aliphatic rings. The van der Waals surface area contributed by atoms with Gasteiger partial charge in [0.05, 0.1) is 24.2 Å². The monoisotopic (exact) mass is 604 g/mol. The molecule has 3 aromatic rings. The van der Waals surface area contributed by atoms with E-state index < -0.39 is 0 Å². The molecule has 0 saturated carbocycles. The SMILES string of the molecule is O=C1C/C(=C/c2ccc(/C=C3/CC(=O)N(c4cccc(Br)c4)C3=O)cc2)C(=O)N1c1cccc(Br)c1. The molecule has 8 heteroatoms. The minimum Gasteiger partial charge on any atom is -0.274 e. The number of anilines is 2. The molecule has 0 radical (unpaired) electrons. The van der Waals surface area contributed by atoms with Gasteiger partial charge in [-0.2, -0.15) is 0 Å². The molecular weight excluding hydrogens is 588 g/mol. The van der Waals surface area contributed by atoms with Crippen LogP contribution in [-0.2, 0) is 19.2 Å². The number of rotatable bonds is 4. The van der Waals surface area contributed by atoms with E-state index in [-0.39, 0.29) is 36.5 Å². The Bertz CT molecular complexity index is 1380. The van der Waals surface area contributed by atoms with Crippen molar-refractivity contribution >= 4 is 79.0 Å². The maximum Gasteiger partial charge on any atom is 0.261 e. The Morgan fingerprint density at radius 2 is 0.972 bits per heavy atom. The van der Waals surface area contributed by atoms with E-state index in [9.17, 15) is 19.2 Å². The molecule has 0 atom stereocenters. The van der Waals surface area contributed by atoms with E-state index in [1.54, 1.807) is 48.6 Å². The van der Waals surface area contributed by atoms with Crippen molar-refractivity contribution in [3.8, 4) is 0 Å². The molecule has 2 aliphatic heterocycles. The number of amides is 4. The second kappa shape index (κ2) is 9.79. The van der Waals surface area contributed by atoms with Crippen molar-refractivity contribution in [2.45, 2.75) is 12.8 Å². The molecule has 0 N–H and O–H groups in total. The largest absolute Gasteiger partial charge is 0.274 e. The Labute approximate surface area is 224 Å². The third-order valence-electron chi connectivity index (χ3n) is 5.89. The minimum atomic E-state index is -0.341. The summed E-state index contributed by atoms with van der Waals surface area (Å²) in [5.41, 5.74) is 3.39. The van der Waals surface area contributed by atoms with Crippen molar-refractivity contribution in [2.75, 3.05) is 9.80 Å². The molecule has 0 aromatic heterocycles. The molecule has 2 heterocycles. The fourth-order valence-electron chi connectivity index (χ4n) is 4.22. The van der Waals surface area contributed by atoms with Crippen molar-refractivity contribution in [3.05, 3.63) is 104 Å². The van der Waals surface area contributed by atoms with E-state index >= 15 is 0 Å². The lowest BCUT2D eigenvalue weighted by Crippen LogP contribution is -2.28. The van der Waals surface area contributed by atoms with Crippen LogP contribution in [0.1, 0.15) is 24.0 Å². The molecule has 36 heavy (non-hydrogen) atoms. The molecule has 178 valence electrons. The van der Waals surface area contributed by atoms with Crippen LogP contribution in [0.25, 0.3) is 12.2 Å². The molecule has 0 bridgehead atoms. The van der Waals surface area contributed by atoms with Gasteiger partial charge in [0.2, 0.25) is 11.8 Å². The van der Waals surface area contributed by atoms with Crippen LogP contribution in [0.2, 0.25) is 0 Å². The third kappa shape index (κ3) is 4.74. The van der Waals surface area contributed by atoms with Crippen LogP contribution in [0.3, 0.4) is 0 Å². The zero-order valence-corrected chi connectivity index (χ0v) is 22.0. The van der Waals surface area contributed by atoms with Crippen molar-refractivity contribution < 1.29 is 19.2 Å². The topological polar surface area (TPSA) is 74.8 Å². The summed E-state index contributed by atoms with van der Waals surface area (Å²) >= 11 is 6.74. The van der Waals surface area contributed by atoms with E-state index in [4.69, 9.17) is 0 Å². The quantitative estimate of drug-likeness (QED) is 0.274. The number of hydrogen-bond acceptors (Lipinski definition) is 4. The van der Waals surface area contributed by atoms with Crippen molar-refractivity contribution in [3.63, 3.8) is 0 Å². The van der Waals surface area contributed by atoms with Gasteiger partial charge in [0, 0.05) is 20.1 Å². The van der Waals surface area contributed by atoms with E-state index in [2.05, 4.69) is 31.9 Å². The first kappa shape index (κ1) is 24.1. The van der Waals surface area contributed by atoms with Gasteiger partial charge in [-0.25, -0.2) is 9.80 Å². The lowest BCUT2D eigenvalue weighted by Gasteiger charge is -2.13. The van der Waals surface area contributed by atoms with Crippen LogP contribution in [0, 0.1) is 0 Å². The first-order chi connectivity index (χ1) is 17.3. The molecule has 0 unspecified atom stereocenters. The van der Waals surface area contributed by atoms with Gasteiger partial charge in [-0.05, 0) is 59.7 Å². The Balaban J connectivity index is 1.34. The van der Waals surface area contributed by atoms with Gasteiger partial charge in [-0.3, -0.25) is 19.2 Å². The highest BCUT2D eigenvalue weighted by Gasteiger charge is 2.36. The van der Waals surface area contributed by atoms with Gasteiger partial charge in [0.25, 0.3) is 11.8 Å². The lowest BCUT2D eigenvalue weighted by atomic mass is 10.1. The zero-order chi connectivity index (χ0) is 25.4. The summed E-state index contributed by atoms with van der Waals surface area (Å²) in [5, 5.41) is 0. The number of carbonyl (C=O) groups excluding carboxylic acids is 4. The summed E-state index contributed by atoms with van der Waals surface area (Å²) in [6.07, 6.45) is 3.46. The molecule has 6 nitrogen and oxygen atoms in total. The number of nitrogens with zero attached hydrogens (tertiary/aromatic N) is 2. The predicted octanol–water partition coefficient (Wildman–Crippen LogP) is 5.91. The second-order valence-electron chi connectivity index (χ2n) is 8.39. The Hall–Kier alpha value is -3.62. The number of halogens is 2. The zero-order valence-electron chi connectivity index (χ0n) is 18.8. The summed E-state index contributed by atoms with van der Waals surface area (Å²) in [7, 11) is 0. The van der Waals surface area contributed by atoms with Crippen LogP contribution in [0.15, 0.2) is 92.9 Å². The second-order valence-corrected chi connectivity index (χ2v) is 10.2. The molecule has 0 aliphatic carbocycles. The Morgan fingerprint density at radius 3 is 1.33 bits per heavy atom.